The largest absolute Gasteiger partial charge is 0.481 e. The highest BCUT2D eigenvalue weighted by Crippen LogP contribution is 2.26. The van der Waals surface area contributed by atoms with Gasteiger partial charge in [-0.1, -0.05) is 19.0 Å². The van der Waals surface area contributed by atoms with Gasteiger partial charge in [-0.3, -0.25) is 4.79 Å². The second kappa shape index (κ2) is 5.63. The van der Waals surface area contributed by atoms with E-state index in [2.05, 4.69) is 10.1 Å². The quantitative estimate of drug-likeness (QED) is 0.915. The third kappa shape index (κ3) is 4.11. The minimum Gasteiger partial charge on any atom is -0.481 e. The van der Waals surface area contributed by atoms with Gasteiger partial charge in [0.1, 0.15) is 5.82 Å². The number of aryl methyl sites for hydroxylation is 1. The molecule has 0 bridgehead atoms. The third-order valence-electron chi connectivity index (χ3n) is 3.03. The molecule has 21 heavy (non-hydrogen) atoms. The van der Waals surface area contributed by atoms with Gasteiger partial charge >= 0.3 is 5.97 Å². The van der Waals surface area contributed by atoms with Gasteiger partial charge in [-0.05, 0) is 36.1 Å². The zero-order chi connectivity index (χ0) is 15.6. The van der Waals surface area contributed by atoms with Crippen molar-refractivity contribution >= 4 is 5.97 Å². The number of hydrogen-bond donors (Lipinski definition) is 1. The summed E-state index contributed by atoms with van der Waals surface area (Å²) in [4.78, 5) is 15.0. The molecule has 0 amide bonds. The number of rotatable bonds is 5. The molecule has 0 saturated heterocycles. The molecule has 5 nitrogen and oxygen atoms in total. The van der Waals surface area contributed by atoms with Crippen LogP contribution in [0.2, 0.25) is 0 Å². The highest BCUT2D eigenvalue weighted by molar-refractivity contribution is 5.67. The van der Waals surface area contributed by atoms with E-state index in [-0.39, 0.29) is 12.2 Å². The van der Waals surface area contributed by atoms with Gasteiger partial charge in [0.15, 0.2) is 0 Å². The topological polar surface area (TPSA) is 76.2 Å². The predicted molar refractivity (Wildman–Crippen MR) is 74.2 cm³/mol. The molecule has 1 aromatic heterocycles. The van der Waals surface area contributed by atoms with E-state index in [9.17, 15) is 9.18 Å². The predicted octanol–water partition coefficient (Wildman–Crippen LogP) is 3.23. The summed E-state index contributed by atoms with van der Waals surface area (Å²) in [6.07, 6.45) is 0.352. The zero-order valence-electron chi connectivity index (χ0n) is 12.2. The molecule has 1 aromatic carbocycles. The molecule has 1 N–H and O–H groups in total. The molecule has 112 valence electrons. The van der Waals surface area contributed by atoms with Crippen molar-refractivity contribution in [3.63, 3.8) is 0 Å². The standard InChI is InChI=1S/C15H17FN2O3/c1-9-4-10(6-11(16)5-9)14-17-12(21-18-14)7-15(2,3)8-13(19)20/h4-6H,7-8H2,1-3H3,(H,19,20). The molecule has 2 rings (SSSR count). The van der Waals surface area contributed by atoms with E-state index in [0.717, 1.165) is 5.56 Å². The fourth-order valence-corrected chi connectivity index (χ4v) is 2.19. The van der Waals surface area contributed by atoms with Crippen LogP contribution in [0.4, 0.5) is 4.39 Å². The van der Waals surface area contributed by atoms with Gasteiger partial charge in [-0.25, -0.2) is 4.39 Å². The number of hydrogen-bond acceptors (Lipinski definition) is 4. The molecule has 2 aromatic rings. The highest BCUT2D eigenvalue weighted by atomic mass is 19.1. The number of carboxylic acid groups (broad SMARTS) is 1. The molecule has 0 aliphatic heterocycles. The Balaban J connectivity index is 2.20. The van der Waals surface area contributed by atoms with Gasteiger partial charge in [-0.15, -0.1) is 0 Å². The highest BCUT2D eigenvalue weighted by Gasteiger charge is 2.25. The summed E-state index contributed by atoms with van der Waals surface area (Å²) in [6.45, 7) is 5.41. The Kier molecular flexibility index (Phi) is 4.06. The maximum atomic E-state index is 13.4. The molecule has 0 unspecified atom stereocenters. The minimum atomic E-state index is -0.875. The van der Waals surface area contributed by atoms with Crippen LogP contribution in [0.1, 0.15) is 31.7 Å². The van der Waals surface area contributed by atoms with Gasteiger partial charge < -0.3 is 9.63 Å². The molecule has 0 atom stereocenters. The van der Waals surface area contributed by atoms with Crippen molar-refractivity contribution in [2.24, 2.45) is 5.41 Å². The van der Waals surface area contributed by atoms with E-state index >= 15 is 0 Å². The summed E-state index contributed by atoms with van der Waals surface area (Å²) >= 11 is 0. The number of nitrogens with zero attached hydrogens (tertiary/aromatic N) is 2. The molecule has 6 heteroatoms. The van der Waals surface area contributed by atoms with Crippen LogP contribution in [-0.2, 0) is 11.2 Å². The van der Waals surface area contributed by atoms with E-state index in [1.54, 1.807) is 13.0 Å². The fraction of sp³-hybridized carbons (Fsp3) is 0.400. The zero-order valence-corrected chi connectivity index (χ0v) is 12.2. The Morgan fingerprint density at radius 2 is 2.10 bits per heavy atom. The Morgan fingerprint density at radius 3 is 2.71 bits per heavy atom. The van der Waals surface area contributed by atoms with Crippen LogP contribution in [0.15, 0.2) is 22.7 Å². The lowest BCUT2D eigenvalue weighted by atomic mass is 9.86. The van der Waals surface area contributed by atoms with Crippen molar-refractivity contribution in [1.29, 1.82) is 0 Å². The molecule has 0 radical (unpaired) electrons. The fourth-order valence-electron chi connectivity index (χ4n) is 2.19. The van der Waals surface area contributed by atoms with E-state index < -0.39 is 11.4 Å². The molecular formula is C15H17FN2O3. The normalized spacial score (nSPS) is 11.6. The van der Waals surface area contributed by atoms with Crippen LogP contribution in [0.5, 0.6) is 0 Å². The van der Waals surface area contributed by atoms with Crippen LogP contribution in [0.25, 0.3) is 11.4 Å². The Labute approximate surface area is 121 Å². The Hall–Kier alpha value is -2.24. The van der Waals surface area contributed by atoms with E-state index in [1.807, 2.05) is 13.8 Å². The number of benzene rings is 1. The van der Waals surface area contributed by atoms with E-state index in [1.165, 1.54) is 12.1 Å². The first-order chi connectivity index (χ1) is 9.75. The number of carboxylic acids is 1. The van der Waals surface area contributed by atoms with Crippen molar-refractivity contribution in [3.8, 4) is 11.4 Å². The van der Waals surface area contributed by atoms with Crippen LogP contribution in [0.3, 0.4) is 0 Å². The minimum absolute atomic E-state index is 0.00376. The average molecular weight is 292 g/mol. The second-order valence-electron chi connectivity index (χ2n) is 5.94. The Bertz CT molecular complexity index is 644. The SMILES string of the molecule is Cc1cc(F)cc(-c2noc(CC(C)(C)CC(=O)O)n2)c1. The van der Waals surface area contributed by atoms with Crippen molar-refractivity contribution in [1.82, 2.24) is 10.1 Å². The molecule has 0 spiro atoms. The van der Waals surface area contributed by atoms with Crippen LogP contribution in [0, 0.1) is 18.2 Å². The first-order valence-corrected chi connectivity index (χ1v) is 6.57. The summed E-state index contributed by atoms with van der Waals surface area (Å²) in [6, 6.07) is 4.52. The maximum absolute atomic E-state index is 13.4. The van der Waals surface area contributed by atoms with Gasteiger partial charge in [0.2, 0.25) is 11.7 Å². The number of halogens is 1. The van der Waals surface area contributed by atoms with Crippen molar-refractivity contribution in [2.75, 3.05) is 0 Å². The average Bonchev–Trinajstić information content (AvgIpc) is 2.73. The first kappa shape index (κ1) is 15.2. The van der Waals surface area contributed by atoms with Crippen LogP contribution >= 0.6 is 0 Å². The van der Waals surface area contributed by atoms with Gasteiger partial charge in [0.25, 0.3) is 0 Å². The maximum Gasteiger partial charge on any atom is 0.303 e. The summed E-state index contributed by atoms with van der Waals surface area (Å²) in [5, 5.41) is 12.7. The lowest BCUT2D eigenvalue weighted by molar-refractivity contribution is -0.139. The van der Waals surface area contributed by atoms with Crippen LogP contribution in [-0.4, -0.2) is 21.2 Å². The number of aliphatic carboxylic acids is 1. The summed E-state index contributed by atoms with van der Waals surface area (Å²) in [5.74, 6) is -0.583. The van der Waals surface area contributed by atoms with Gasteiger partial charge in [0.05, 0.1) is 6.42 Å². The van der Waals surface area contributed by atoms with Crippen molar-refractivity contribution in [2.45, 2.75) is 33.6 Å². The second-order valence-corrected chi connectivity index (χ2v) is 5.94. The first-order valence-electron chi connectivity index (χ1n) is 6.57. The summed E-state index contributed by atoms with van der Waals surface area (Å²) in [7, 11) is 0. The van der Waals surface area contributed by atoms with Gasteiger partial charge in [-0.2, -0.15) is 4.98 Å². The monoisotopic (exact) mass is 292 g/mol. The Morgan fingerprint density at radius 1 is 1.38 bits per heavy atom. The lowest BCUT2D eigenvalue weighted by Crippen LogP contribution is -2.19. The molecular weight excluding hydrogens is 275 g/mol. The van der Waals surface area contributed by atoms with Crippen molar-refractivity contribution < 1.29 is 18.8 Å². The van der Waals surface area contributed by atoms with E-state index in [4.69, 9.17) is 9.63 Å². The molecule has 0 aliphatic rings. The molecule has 1 heterocycles. The summed E-state index contributed by atoms with van der Waals surface area (Å²) < 4.78 is 18.5. The number of aromatic nitrogens is 2. The molecule has 0 aliphatic carbocycles. The smallest absolute Gasteiger partial charge is 0.303 e. The summed E-state index contributed by atoms with van der Waals surface area (Å²) in [5.41, 5.74) is 0.814. The molecule has 0 saturated carbocycles. The number of carbonyl (C=O) groups is 1. The lowest BCUT2D eigenvalue weighted by Gasteiger charge is -2.19. The molecule has 0 fully saturated rings. The van der Waals surface area contributed by atoms with E-state index in [0.29, 0.717) is 23.7 Å². The third-order valence-corrected chi connectivity index (χ3v) is 3.03. The van der Waals surface area contributed by atoms with Crippen molar-refractivity contribution in [3.05, 3.63) is 35.5 Å². The van der Waals surface area contributed by atoms with Crippen LogP contribution < -0.4 is 0 Å². The van der Waals surface area contributed by atoms with Gasteiger partial charge in [0, 0.05) is 12.0 Å².